The summed E-state index contributed by atoms with van der Waals surface area (Å²) in [4.78, 5) is 11.6. The molecule has 16 heavy (non-hydrogen) atoms. The van der Waals surface area contributed by atoms with E-state index in [1.165, 1.54) is 6.08 Å². The fourth-order valence-corrected chi connectivity index (χ4v) is 2.00. The van der Waals surface area contributed by atoms with Crippen LogP contribution < -0.4 is 0 Å². The number of esters is 1. The lowest BCUT2D eigenvalue weighted by Gasteiger charge is -2.01. The fraction of sp³-hybridized carbons (Fsp3) is 0.750. The normalized spacial score (nSPS) is 27.4. The van der Waals surface area contributed by atoms with Crippen molar-refractivity contribution in [2.24, 2.45) is 17.3 Å². The van der Waals surface area contributed by atoms with Gasteiger partial charge in [-0.3, -0.25) is 4.79 Å². The summed E-state index contributed by atoms with van der Waals surface area (Å²) in [6, 6.07) is -0.604. The zero-order valence-electron chi connectivity index (χ0n) is 10.2. The van der Waals surface area contributed by atoms with E-state index in [9.17, 15) is 9.18 Å². The van der Waals surface area contributed by atoms with Gasteiger partial charge in [0, 0.05) is 5.92 Å². The molecule has 2 atom stereocenters. The van der Waals surface area contributed by atoms with E-state index < -0.39 is 6.01 Å². The fourth-order valence-electron chi connectivity index (χ4n) is 2.00. The first-order chi connectivity index (χ1) is 7.45. The van der Waals surface area contributed by atoms with Crippen molar-refractivity contribution in [1.29, 1.82) is 0 Å². The molecular weight excluding hydrogens is 211 g/mol. The van der Waals surface area contributed by atoms with Gasteiger partial charge in [0.05, 0.1) is 19.1 Å². The Morgan fingerprint density at radius 1 is 1.31 bits per heavy atom. The summed E-state index contributed by atoms with van der Waals surface area (Å²) in [6.07, 6.45) is 1.38. The van der Waals surface area contributed by atoms with Crippen LogP contribution in [0, 0.1) is 17.3 Å². The molecule has 1 aliphatic rings. The number of hydrogen-bond donors (Lipinski definition) is 0. The Morgan fingerprint density at radius 2 is 1.88 bits per heavy atom. The molecule has 4 heteroatoms. The van der Waals surface area contributed by atoms with Crippen LogP contribution in [0.5, 0.6) is 0 Å². The number of halogens is 1. The van der Waals surface area contributed by atoms with Crippen LogP contribution in [-0.4, -0.2) is 19.2 Å². The maximum atomic E-state index is 13.1. The minimum absolute atomic E-state index is 0.127. The number of carbonyl (C=O) groups excluding carboxylic acids is 1. The Morgan fingerprint density at radius 3 is 2.38 bits per heavy atom. The molecule has 1 fully saturated rings. The third-order valence-corrected chi connectivity index (χ3v) is 3.04. The van der Waals surface area contributed by atoms with Crippen molar-refractivity contribution in [1.82, 2.24) is 0 Å². The largest absolute Gasteiger partial charge is 0.471 e. The van der Waals surface area contributed by atoms with E-state index in [1.54, 1.807) is 13.8 Å². The van der Waals surface area contributed by atoms with Crippen molar-refractivity contribution in [2.75, 3.05) is 13.2 Å². The molecule has 1 saturated carbocycles. The lowest BCUT2D eigenvalue weighted by atomic mass is 10.1. The minimum atomic E-state index is -0.604. The first-order valence-electron chi connectivity index (χ1n) is 5.61. The number of ether oxygens (including phenoxy) is 2. The monoisotopic (exact) mass is 230 g/mol. The van der Waals surface area contributed by atoms with Crippen LogP contribution >= 0.6 is 0 Å². The van der Waals surface area contributed by atoms with Gasteiger partial charge in [-0.25, -0.2) is 0 Å². The molecule has 0 radical (unpaired) electrons. The average Bonchev–Trinajstić information content (AvgIpc) is 2.68. The summed E-state index contributed by atoms with van der Waals surface area (Å²) < 4.78 is 22.8. The molecule has 0 aliphatic heterocycles. The maximum Gasteiger partial charge on any atom is 0.310 e. The van der Waals surface area contributed by atoms with Gasteiger partial charge in [-0.05, 0) is 25.3 Å². The van der Waals surface area contributed by atoms with E-state index in [-0.39, 0.29) is 23.2 Å². The summed E-state index contributed by atoms with van der Waals surface area (Å²) in [5.74, 6) is -0.630. The second-order valence-corrected chi connectivity index (χ2v) is 4.48. The van der Waals surface area contributed by atoms with Crippen LogP contribution in [0.4, 0.5) is 4.39 Å². The summed E-state index contributed by atoms with van der Waals surface area (Å²) >= 11 is 0. The molecule has 0 N–H and O–H groups in total. The molecule has 0 heterocycles. The molecule has 0 aromatic rings. The first kappa shape index (κ1) is 13.0. The van der Waals surface area contributed by atoms with Crippen molar-refractivity contribution >= 4 is 5.97 Å². The van der Waals surface area contributed by atoms with E-state index in [2.05, 4.69) is 0 Å². The molecule has 0 amide bonds. The molecule has 0 spiro atoms. The van der Waals surface area contributed by atoms with Crippen LogP contribution in [-0.2, 0) is 14.3 Å². The van der Waals surface area contributed by atoms with E-state index in [0.29, 0.717) is 13.2 Å². The SMILES string of the molecule is CCOC(=O)C1C(C=C(F)OCC)C1(C)C. The highest BCUT2D eigenvalue weighted by atomic mass is 19.1. The van der Waals surface area contributed by atoms with Crippen molar-refractivity contribution in [3.63, 3.8) is 0 Å². The van der Waals surface area contributed by atoms with Crippen LogP contribution in [0.3, 0.4) is 0 Å². The van der Waals surface area contributed by atoms with Gasteiger partial charge in [-0.2, -0.15) is 4.39 Å². The predicted octanol–water partition coefficient (Wildman–Crippen LogP) is 2.67. The van der Waals surface area contributed by atoms with Crippen molar-refractivity contribution < 1.29 is 18.7 Å². The smallest absolute Gasteiger partial charge is 0.310 e. The van der Waals surface area contributed by atoms with Gasteiger partial charge >= 0.3 is 5.97 Å². The highest BCUT2D eigenvalue weighted by Gasteiger charge is 2.61. The molecule has 92 valence electrons. The Balaban J connectivity index is 2.63. The van der Waals surface area contributed by atoms with Gasteiger partial charge in [0.2, 0.25) is 0 Å². The Hall–Kier alpha value is -1.06. The number of carbonyl (C=O) groups is 1. The zero-order valence-corrected chi connectivity index (χ0v) is 10.2. The lowest BCUT2D eigenvalue weighted by molar-refractivity contribution is -0.145. The molecule has 0 aromatic carbocycles. The molecule has 0 aromatic heterocycles. The molecule has 2 unspecified atom stereocenters. The van der Waals surface area contributed by atoms with E-state index in [1.807, 2.05) is 13.8 Å². The van der Waals surface area contributed by atoms with Gasteiger partial charge in [-0.15, -0.1) is 0 Å². The number of rotatable bonds is 5. The summed E-state index contributed by atoms with van der Waals surface area (Å²) in [5, 5.41) is 0. The van der Waals surface area contributed by atoms with Gasteiger partial charge in [0.25, 0.3) is 6.01 Å². The van der Waals surface area contributed by atoms with Crippen LogP contribution in [0.15, 0.2) is 12.1 Å². The van der Waals surface area contributed by atoms with Crippen LogP contribution in [0.2, 0.25) is 0 Å². The molecular formula is C12H19FO3. The van der Waals surface area contributed by atoms with E-state index in [4.69, 9.17) is 9.47 Å². The maximum absolute atomic E-state index is 13.1. The first-order valence-corrected chi connectivity index (χ1v) is 5.61. The molecule has 1 aliphatic carbocycles. The second kappa shape index (κ2) is 4.85. The summed E-state index contributed by atoms with van der Waals surface area (Å²) in [6.45, 7) is 7.98. The lowest BCUT2D eigenvalue weighted by Crippen LogP contribution is -2.10. The van der Waals surface area contributed by atoms with Crippen molar-refractivity contribution in [3.8, 4) is 0 Å². The molecule has 0 bridgehead atoms. The Labute approximate surface area is 95.6 Å². The van der Waals surface area contributed by atoms with Crippen molar-refractivity contribution in [3.05, 3.63) is 12.1 Å². The quantitative estimate of drug-likeness (QED) is 0.538. The third kappa shape index (κ3) is 2.54. The highest BCUT2D eigenvalue weighted by molar-refractivity contribution is 5.78. The van der Waals surface area contributed by atoms with Crippen LogP contribution in [0.1, 0.15) is 27.7 Å². The van der Waals surface area contributed by atoms with Crippen LogP contribution in [0.25, 0.3) is 0 Å². The topological polar surface area (TPSA) is 35.5 Å². The Bertz CT molecular complexity index is 297. The molecule has 3 nitrogen and oxygen atoms in total. The molecule has 0 saturated heterocycles. The Kier molecular flexibility index (Phi) is 3.94. The van der Waals surface area contributed by atoms with Gasteiger partial charge in [0.15, 0.2) is 0 Å². The number of allylic oxidation sites excluding steroid dienone is 1. The van der Waals surface area contributed by atoms with Gasteiger partial charge in [-0.1, -0.05) is 13.8 Å². The predicted molar refractivity (Wildman–Crippen MR) is 58.2 cm³/mol. The van der Waals surface area contributed by atoms with E-state index >= 15 is 0 Å². The second-order valence-electron chi connectivity index (χ2n) is 4.48. The zero-order chi connectivity index (χ0) is 12.3. The highest BCUT2D eigenvalue weighted by Crippen LogP contribution is 2.59. The van der Waals surface area contributed by atoms with Gasteiger partial charge < -0.3 is 9.47 Å². The van der Waals surface area contributed by atoms with Gasteiger partial charge in [0.1, 0.15) is 0 Å². The minimum Gasteiger partial charge on any atom is -0.471 e. The number of hydrogen-bond acceptors (Lipinski definition) is 3. The standard InChI is InChI=1S/C12H19FO3/c1-5-15-9(13)7-8-10(12(8,3)4)11(14)16-6-2/h7-8,10H,5-6H2,1-4H3. The summed E-state index contributed by atoms with van der Waals surface area (Å²) in [7, 11) is 0. The van der Waals surface area contributed by atoms with Crippen molar-refractivity contribution in [2.45, 2.75) is 27.7 Å². The van der Waals surface area contributed by atoms with E-state index in [0.717, 1.165) is 0 Å². The molecule has 1 rings (SSSR count). The average molecular weight is 230 g/mol. The third-order valence-electron chi connectivity index (χ3n) is 3.04. The summed E-state index contributed by atoms with van der Waals surface area (Å²) in [5.41, 5.74) is -0.235.